The van der Waals surface area contributed by atoms with Crippen molar-refractivity contribution in [3.8, 4) is 0 Å². The molecule has 0 aromatic heterocycles. The molecule has 0 spiro atoms. The molecule has 2 aromatic carbocycles. The first-order valence-corrected chi connectivity index (χ1v) is 10.1. The van der Waals surface area contributed by atoms with E-state index in [0.717, 1.165) is 25.1 Å². The summed E-state index contributed by atoms with van der Waals surface area (Å²) in [5.41, 5.74) is 4.45. The zero-order chi connectivity index (χ0) is 20.9. The number of amides is 2. The first-order valence-electron chi connectivity index (χ1n) is 10.1. The molecule has 0 aliphatic carbocycles. The normalized spacial score (nSPS) is 19.6. The van der Waals surface area contributed by atoms with Gasteiger partial charge in [0.05, 0.1) is 18.7 Å². The fourth-order valence-corrected chi connectivity index (χ4v) is 3.98. The topological polar surface area (TPSA) is 70.7 Å². The van der Waals surface area contributed by atoms with Crippen molar-refractivity contribution in [2.24, 2.45) is 0 Å². The van der Waals surface area contributed by atoms with Gasteiger partial charge in [0.25, 0.3) is 0 Å². The average Bonchev–Trinajstić information content (AvgIpc) is 2.80. The number of nitrogens with zero attached hydrogens (tertiary/aromatic N) is 1. The molecule has 2 aromatic rings. The Morgan fingerprint density at radius 3 is 2.43 bits per heavy atom. The molecule has 0 radical (unpaired) electrons. The minimum Gasteiger partial charge on any atom is -0.466 e. The molecule has 0 bridgehead atoms. The summed E-state index contributed by atoms with van der Waals surface area (Å²) < 4.78 is 5.05. The molecule has 2 amide bonds. The van der Waals surface area contributed by atoms with Gasteiger partial charge in [-0.05, 0) is 23.1 Å². The molecule has 154 valence electrons. The zero-order valence-corrected chi connectivity index (χ0v) is 16.9. The van der Waals surface area contributed by atoms with Crippen LogP contribution in [0.4, 0.5) is 4.79 Å². The Morgan fingerprint density at radius 2 is 1.80 bits per heavy atom. The lowest BCUT2D eigenvalue weighted by molar-refractivity contribution is -0.136. The summed E-state index contributed by atoms with van der Waals surface area (Å²) in [6, 6.07) is 19.0. The van der Waals surface area contributed by atoms with Crippen LogP contribution < -0.4 is 10.6 Å². The molecule has 1 atom stereocenters. The summed E-state index contributed by atoms with van der Waals surface area (Å²) in [7, 11) is 1.36. The molecule has 0 saturated heterocycles. The van der Waals surface area contributed by atoms with E-state index in [1.165, 1.54) is 18.2 Å². The number of benzene rings is 2. The Bertz CT molecular complexity index is 983. The first-order chi connectivity index (χ1) is 14.7. The number of nitrogens with one attached hydrogen (secondary N) is 2. The van der Waals surface area contributed by atoms with Crippen LogP contribution >= 0.6 is 0 Å². The van der Waals surface area contributed by atoms with Gasteiger partial charge in [-0.15, -0.1) is 0 Å². The van der Waals surface area contributed by atoms with E-state index in [-0.39, 0.29) is 6.03 Å². The number of carbonyl (C=O) groups excluding carboxylic acids is 2. The third kappa shape index (κ3) is 4.28. The van der Waals surface area contributed by atoms with E-state index in [4.69, 9.17) is 4.74 Å². The van der Waals surface area contributed by atoms with E-state index >= 15 is 0 Å². The van der Waals surface area contributed by atoms with E-state index in [0.29, 0.717) is 17.8 Å². The van der Waals surface area contributed by atoms with Crippen LogP contribution in [-0.4, -0.2) is 43.6 Å². The molecule has 2 aliphatic heterocycles. The van der Waals surface area contributed by atoms with Crippen molar-refractivity contribution in [1.29, 1.82) is 0 Å². The van der Waals surface area contributed by atoms with Gasteiger partial charge in [0.15, 0.2) is 0 Å². The minimum atomic E-state index is -0.539. The van der Waals surface area contributed by atoms with Gasteiger partial charge in [0.1, 0.15) is 0 Å². The molecule has 0 saturated carbocycles. The van der Waals surface area contributed by atoms with Crippen molar-refractivity contribution >= 4 is 17.6 Å². The molecule has 30 heavy (non-hydrogen) atoms. The van der Waals surface area contributed by atoms with Gasteiger partial charge in [-0.25, -0.2) is 9.59 Å². The van der Waals surface area contributed by atoms with Crippen molar-refractivity contribution < 1.29 is 14.3 Å². The summed E-state index contributed by atoms with van der Waals surface area (Å²) in [6.45, 7) is 2.07. The number of hydrogen-bond acceptors (Lipinski definition) is 4. The van der Waals surface area contributed by atoms with Crippen LogP contribution in [-0.2, 0) is 9.53 Å². The van der Waals surface area contributed by atoms with Crippen molar-refractivity contribution in [2.75, 3.05) is 26.7 Å². The largest absolute Gasteiger partial charge is 0.466 e. The maximum atomic E-state index is 12.6. The van der Waals surface area contributed by atoms with Crippen LogP contribution in [0.15, 0.2) is 78.0 Å². The van der Waals surface area contributed by atoms with Crippen LogP contribution in [0.25, 0.3) is 5.57 Å². The summed E-state index contributed by atoms with van der Waals surface area (Å²) in [5, 5.41) is 5.69. The second kappa shape index (κ2) is 8.97. The number of rotatable bonds is 5. The average molecular weight is 403 g/mol. The van der Waals surface area contributed by atoms with Crippen molar-refractivity contribution in [2.45, 2.75) is 12.5 Å². The van der Waals surface area contributed by atoms with Gasteiger partial charge >= 0.3 is 12.0 Å². The summed E-state index contributed by atoms with van der Waals surface area (Å²) in [6.07, 6.45) is 3.13. The maximum Gasteiger partial charge on any atom is 0.338 e. The van der Waals surface area contributed by atoms with Crippen molar-refractivity contribution in [1.82, 2.24) is 15.5 Å². The molecule has 2 heterocycles. The Labute approximate surface area is 176 Å². The highest BCUT2D eigenvalue weighted by atomic mass is 16.5. The van der Waals surface area contributed by atoms with Crippen molar-refractivity contribution in [3.63, 3.8) is 0 Å². The lowest BCUT2D eigenvalue weighted by atomic mass is 9.94. The van der Waals surface area contributed by atoms with Crippen molar-refractivity contribution in [3.05, 3.63) is 89.1 Å². The smallest absolute Gasteiger partial charge is 0.338 e. The molecule has 2 N–H and O–H groups in total. The highest BCUT2D eigenvalue weighted by Crippen LogP contribution is 2.29. The number of hydrogen-bond donors (Lipinski definition) is 2. The van der Waals surface area contributed by atoms with E-state index < -0.39 is 12.0 Å². The SMILES string of the molecule is COC(=O)C1=C(CN2CC=C(c3ccccc3)CC2)NC(=O)N[C@H]1c1ccccc1. The second-order valence-electron chi connectivity index (χ2n) is 7.41. The number of esters is 1. The van der Waals surface area contributed by atoms with Gasteiger partial charge in [0, 0.05) is 25.3 Å². The van der Waals surface area contributed by atoms with E-state index in [9.17, 15) is 9.59 Å². The summed E-state index contributed by atoms with van der Waals surface area (Å²) in [5.74, 6) is -0.441. The van der Waals surface area contributed by atoms with E-state index in [2.05, 4.69) is 33.7 Å². The van der Waals surface area contributed by atoms with Gasteiger partial charge in [0.2, 0.25) is 0 Å². The summed E-state index contributed by atoms with van der Waals surface area (Å²) >= 11 is 0. The minimum absolute atomic E-state index is 0.316. The van der Waals surface area contributed by atoms with E-state index in [1.54, 1.807) is 0 Å². The second-order valence-corrected chi connectivity index (χ2v) is 7.41. The predicted molar refractivity (Wildman–Crippen MR) is 115 cm³/mol. The first kappa shape index (κ1) is 19.9. The quantitative estimate of drug-likeness (QED) is 0.752. The molecule has 2 aliphatic rings. The predicted octanol–water partition coefficient (Wildman–Crippen LogP) is 3.26. The Kier molecular flexibility index (Phi) is 5.95. The number of methoxy groups -OCH3 is 1. The van der Waals surface area contributed by atoms with Crippen LogP contribution in [0.2, 0.25) is 0 Å². The maximum absolute atomic E-state index is 12.6. The highest BCUT2D eigenvalue weighted by molar-refractivity contribution is 5.95. The summed E-state index contributed by atoms with van der Waals surface area (Å²) in [4.78, 5) is 27.2. The molecule has 6 nitrogen and oxygen atoms in total. The fraction of sp³-hybridized carbons (Fsp3) is 0.250. The lowest BCUT2D eigenvalue weighted by Gasteiger charge is -2.33. The van der Waals surface area contributed by atoms with Gasteiger partial charge in [-0.3, -0.25) is 4.90 Å². The Morgan fingerprint density at radius 1 is 1.10 bits per heavy atom. The zero-order valence-electron chi connectivity index (χ0n) is 16.9. The highest BCUT2D eigenvalue weighted by Gasteiger charge is 2.34. The lowest BCUT2D eigenvalue weighted by Crippen LogP contribution is -2.48. The molecular weight excluding hydrogens is 378 g/mol. The number of urea groups is 1. The Balaban J connectivity index is 1.59. The van der Waals surface area contributed by atoms with Crippen LogP contribution in [0.5, 0.6) is 0 Å². The fourth-order valence-electron chi connectivity index (χ4n) is 3.98. The molecule has 0 fully saturated rings. The molecular formula is C24H25N3O3. The number of carbonyl (C=O) groups is 2. The third-order valence-electron chi connectivity index (χ3n) is 5.51. The molecule has 4 rings (SSSR count). The van der Waals surface area contributed by atoms with Gasteiger partial charge < -0.3 is 15.4 Å². The van der Waals surface area contributed by atoms with Crippen LogP contribution in [0, 0.1) is 0 Å². The Hall–Kier alpha value is -3.38. The van der Waals surface area contributed by atoms with E-state index in [1.807, 2.05) is 48.5 Å². The molecule has 6 heteroatoms. The van der Waals surface area contributed by atoms with Crippen LogP contribution in [0.1, 0.15) is 23.6 Å². The monoisotopic (exact) mass is 403 g/mol. The third-order valence-corrected chi connectivity index (χ3v) is 5.51. The molecule has 0 unspecified atom stereocenters. The van der Waals surface area contributed by atoms with Gasteiger partial charge in [-0.1, -0.05) is 66.7 Å². The number of ether oxygens (including phenoxy) is 1. The standard InChI is InChI=1S/C24H25N3O3/c1-30-23(28)21-20(25-24(29)26-22(21)19-10-6-3-7-11-19)16-27-14-12-18(13-15-27)17-8-4-2-5-9-17/h2-12,22H,13-16H2,1H3,(H2,25,26,29)/t22-/m0/s1. The van der Waals surface area contributed by atoms with Crippen LogP contribution in [0.3, 0.4) is 0 Å². The van der Waals surface area contributed by atoms with Gasteiger partial charge in [-0.2, -0.15) is 0 Å².